The first-order chi connectivity index (χ1) is 37.2. The van der Waals surface area contributed by atoms with Crippen molar-refractivity contribution in [3.63, 3.8) is 0 Å². The van der Waals surface area contributed by atoms with Crippen molar-refractivity contribution in [2.75, 3.05) is 65.5 Å². The molecule has 0 radical (unpaired) electrons. The summed E-state index contributed by atoms with van der Waals surface area (Å²) in [6.07, 6.45) is 13.6. The van der Waals surface area contributed by atoms with Crippen LogP contribution in [0, 0.1) is 28.9 Å². The largest absolute Gasteiger partial charge is 0.371 e. The summed E-state index contributed by atoms with van der Waals surface area (Å²) in [5, 5.41) is 14.4. The van der Waals surface area contributed by atoms with Crippen LogP contribution in [-0.2, 0) is 25.5 Å². The number of aromatic amines is 1. The number of amides is 5. The number of likely N-dealkylation sites (tertiary alicyclic amines) is 2. The van der Waals surface area contributed by atoms with Gasteiger partial charge < -0.3 is 35.0 Å². The topological polar surface area (TPSA) is 177 Å². The Kier molecular flexibility index (Phi) is 15.1. The van der Waals surface area contributed by atoms with Gasteiger partial charge in [0.25, 0.3) is 17.4 Å². The molecule has 15 nitrogen and oxygen atoms in total. The van der Waals surface area contributed by atoms with Crippen LogP contribution >= 0.6 is 0 Å². The molecular formula is C60H74F2N8O7. The van der Waals surface area contributed by atoms with Crippen LogP contribution in [0.1, 0.15) is 153 Å². The summed E-state index contributed by atoms with van der Waals surface area (Å²) in [4.78, 5) is 89.1. The quantitative estimate of drug-likeness (QED) is 0.117. The molecule has 2 bridgehead atoms. The number of aromatic nitrogens is 2. The monoisotopic (exact) mass is 1060 g/mol. The zero-order valence-corrected chi connectivity index (χ0v) is 44.5. The van der Waals surface area contributed by atoms with Crippen molar-refractivity contribution in [3.05, 3.63) is 111 Å². The van der Waals surface area contributed by atoms with E-state index < -0.39 is 35.0 Å². The van der Waals surface area contributed by atoms with Gasteiger partial charge in [0.15, 0.2) is 0 Å². The Morgan fingerprint density at radius 1 is 0.766 bits per heavy atom. The highest BCUT2D eigenvalue weighted by atomic mass is 19.1. The molecule has 3 saturated carbocycles. The number of rotatable bonds is 14. The molecule has 77 heavy (non-hydrogen) atoms. The number of fused-ring (bicyclic) bond motifs is 4. The van der Waals surface area contributed by atoms with E-state index in [0.717, 1.165) is 116 Å². The molecule has 6 heterocycles. The standard InChI is InChI=1S/C60H74F2N8O7/c1-58(20-21-58)57(76)70-26-8-11-42(36-70)43-14-7-15-46(51(43)62)53(72)63-52(41-9-3-2-4-10-41)55(74)64-59-22-24-60(25-23-59,77-38-59)37-67-27-18-39(19-28-67)35-50(71)68-29-31-69(32-30-68)56(75)47-33-40(16-17-48(47)61)34-49-44-12-5-6-13-45(44)54(73)66-65-49/h5-7,12-17,33,39,41-42,52H,2-4,8-11,18-32,34-38H2,1H3,(H,63,72)(H,64,74)(H,66,73)/t42?,52-,59?,60?/m1/s1. The van der Waals surface area contributed by atoms with Crippen molar-refractivity contribution >= 4 is 40.3 Å². The van der Waals surface area contributed by atoms with Crippen molar-refractivity contribution in [2.24, 2.45) is 17.3 Å². The van der Waals surface area contributed by atoms with Gasteiger partial charge in [0.05, 0.1) is 40.0 Å². The van der Waals surface area contributed by atoms with Crippen LogP contribution in [0.2, 0.25) is 0 Å². The van der Waals surface area contributed by atoms with Gasteiger partial charge >= 0.3 is 0 Å². The van der Waals surface area contributed by atoms with Gasteiger partial charge in [-0.1, -0.05) is 62.6 Å². The molecular weight excluding hydrogens is 983 g/mol. The number of ether oxygens (including phenoxy) is 1. The summed E-state index contributed by atoms with van der Waals surface area (Å²) in [6.45, 7) is 7.39. The third kappa shape index (κ3) is 11.3. The molecule has 4 aromatic rings. The van der Waals surface area contributed by atoms with Gasteiger partial charge in [-0.3, -0.25) is 28.8 Å². The third-order valence-corrected chi connectivity index (χ3v) is 18.8. The fourth-order valence-electron chi connectivity index (χ4n) is 13.6. The minimum absolute atomic E-state index is 0.0277. The molecule has 5 saturated heterocycles. The lowest BCUT2D eigenvalue weighted by Gasteiger charge is -2.55. The molecule has 5 aliphatic heterocycles. The lowest BCUT2D eigenvalue weighted by Crippen LogP contribution is -2.67. The fourth-order valence-corrected chi connectivity index (χ4v) is 13.6. The van der Waals surface area contributed by atoms with E-state index >= 15 is 8.78 Å². The van der Waals surface area contributed by atoms with Crippen LogP contribution < -0.4 is 16.2 Å². The number of halogens is 2. The van der Waals surface area contributed by atoms with E-state index in [9.17, 15) is 28.8 Å². The number of piperazine rings is 1. The summed E-state index contributed by atoms with van der Waals surface area (Å²) in [7, 11) is 0. The zero-order valence-electron chi connectivity index (χ0n) is 44.5. The number of nitrogens with zero attached hydrogens (tertiary/aromatic N) is 5. The van der Waals surface area contributed by atoms with Crippen molar-refractivity contribution in [2.45, 2.75) is 139 Å². The second-order valence-electron chi connectivity index (χ2n) is 24.1. The van der Waals surface area contributed by atoms with Gasteiger partial charge in [-0.25, -0.2) is 13.9 Å². The molecule has 5 amide bonds. The van der Waals surface area contributed by atoms with Gasteiger partial charge in [0, 0.05) is 75.4 Å². The lowest BCUT2D eigenvalue weighted by molar-refractivity contribution is -0.176. The van der Waals surface area contributed by atoms with Crippen LogP contribution in [0.25, 0.3) is 10.8 Å². The third-order valence-electron chi connectivity index (χ3n) is 18.8. The zero-order chi connectivity index (χ0) is 53.5. The van der Waals surface area contributed by atoms with E-state index in [1.165, 1.54) is 12.1 Å². The molecule has 8 aliphatic rings. The van der Waals surface area contributed by atoms with Crippen LogP contribution in [0.3, 0.4) is 0 Å². The summed E-state index contributed by atoms with van der Waals surface area (Å²) < 4.78 is 38.3. The van der Waals surface area contributed by atoms with E-state index in [2.05, 4.69) is 25.7 Å². The lowest BCUT2D eigenvalue weighted by atomic mass is 9.70. The average Bonchev–Trinajstić information content (AvgIpc) is 4.26. The van der Waals surface area contributed by atoms with E-state index in [4.69, 9.17) is 4.74 Å². The SMILES string of the molecule is CC1(C(=O)N2CCCC(c3cccc(C(=O)N[C@@H](C(=O)NC45CCC(CN6CCC(CC(=O)N7CCN(C(=O)c8cc(Cc9n[nH]c(=O)c%10ccccc9%10)ccc8F)CC7)CC6)(CC4)OC5)C4CCCCC4)c3F)C2)CC1. The van der Waals surface area contributed by atoms with Gasteiger partial charge in [0.1, 0.15) is 17.7 Å². The Morgan fingerprint density at radius 2 is 1.49 bits per heavy atom. The Hall–Kier alpha value is -6.07. The summed E-state index contributed by atoms with van der Waals surface area (Å²) in [5.41, 5.74) is 0.222. The molecule has 3 aromatic carbocycles. The minimum Gasteiger partial charge on any atom is -0.371 e. The highest BCUT2D eigenvalue weighted by Gasteiger charge is 2.52. The fraction of sp³-hybridized carbons (Fsp3) is 0.583. The first-order valence-electron chi connectivity index (χ1n) is 28.6. The Labute approximate surface area is 449 Å². The normalized spacial score (nSPS) is 25.3. The number of piperidine rings is 2. The maximum absolute atomic E-state index is 16.4. The summed E-state index contributed by atoms with van der Waals surface area (Å²) in [6, 6.07) is 15.8. The summed E-state index contributed by atoms with van der Waals surface area (Å²) >= 11 is 0. The average molecular weight is 1060 g/mol. The molecule has 17 heteroatoms. The van der Waals surface area contributed by atoms with Gasteiger partial charge in [-0.2, -0.15) is 5.10 Å². The van der Waals surface area contributed by atoms with Gasteiger partial charge in [-0.15, -0.1) is 0 Å². The molecule has 1 unspecified atom stereocenters. The molecule has 0 spiro atoms. The first kappa shape index (κ1) is 53.0. The second-order valence-corrected chi connectivity index (χ2v) is 24.1. The minimum atomic E-state index is -0.805. The van der Waals surface area contributed by atoms with E-state index in [0.29, 0.717) is 86.3 Å². The molecule has 1 aromatic heterocycles. The van der Waals surface area contributed by atoms with Crippen molar-refractivity contribution in [1.82, 2.24) is 40.4 Å². The molecule has 3 aliphatic carbocycles. The second kappa shape index (κ2) is 22.0. The molecule has 410 valence electrons. The molecule has 8 fully saturated rings. The van der Waals surface area contributed by atoms with Gasteiger partial charge in [0.2, 0.25) is 17.7 Å². The van der Waals surface area contributed by atoms with Crippen molar-refractivity contribution < 1.29 is 37.5 Å². The first-order valence-corrected chi connectivity index (χ1v) is 28.6. The number of hydrogen-bond donors (Lipinski definition) is 3. The Bertz CT molecular complexity index is 2930. The Morgan fingerprint density at radius 3 is 2.21 bits per heavy atom. The number of hydrogen-bond acceptors (Lipinski definition) is 9. The Balaban J connectivity index is 0.635. The highest BCUT2D eigenvalue weighted by molar-refractivity contribution is 5.98. The maximum Gasteiger partial charge on any atom is 0.272 e. The van der Waals surface area contributed by atoms with Crippen LogP contribution in [0.4, 0.5) is 8.78 Å². The van der Waals surface area contributed by atoms with Crippen LogP contribution in [0.5, 0.6) is 0 Å². The predicted octanol–water partition coefficient (Wildman–Crippen LogP) is 7.26. The van der Waals surface area contributed by atoms with Crippen LogP contribution in [0.15, 0.2) is 65.5 Å². The van der Waals surface area contributed by atoms with Crippen LogP contribution in [-0.4, -0.2) is 142 Å². The number of carbonyl (C=O) groups is 5. The maximum atomic E-state index is 16.4. The molecule has 12 rings (SSSR count). The van der Waals surface area contributed by atoms with Gasteiger partial charge in [-0.05, 0) is 137 Å². The highest BCUT2D eigenvalue weighted by Crippen LogP contribution is 2.48. The van der Waals surface area contributed by atoms with E-state index in [1.54, 1.807) is 41.3 Å². The number of benzene rings is 3. The number of carbonyl (C=O) groups excluding carboxylic acids is 5. The summed E-state index contributed by atoms with van der Waals surface area (Å²) in [5.74, 6) is -2.21. The van der Waals surface area contributed by atoms with Crippen molar-refractivity contribution in [1.29, 1.82) is 0 Å². The molecule has 3 N–H and O–H groups in total. The smallest absolute Gasteiger partial charge is 0.272 e. The number of H-pyrrole nitrogens is 1. The molecule has 2 atom stereocenters. The van der Waals surface area contributed by atoms with E-state index in [-0.39, 0.29) is 63.2 Å². The predicted molar refractivity (Wildman–Crippen MR) is 286 cm³/mol. The van der Waals surface area contributed by atoms with E-state index in [1.807, 2.05) is 28.9 Å². The van der Waals surface area contributed by atoms with Crippen molar-refractivity contribution in [3.8, 4) is 0 Å². The number of nitrogens with one attached hydrogen (secondary N) is 3.